The number of cyclic esters (lactones) is 1. The van der Waals surface area contributed by atoms with Crippen LogP contribution in [0, 0.1) is 0 Å². The van der Waals surface area contributed by atoms with Crippen molar-refractivity contribution in [2.75, 3.05) is 0 Å². The number of halogens is 1. The van der Waals surface area contributed by atoms with Gasteiger partial charge in [0.2, 0.25) is 0 Å². The summed E-state index contributed by atoms with van der Waals surface area (Å²) in [6.45, 7) is 3.95. The molecule has 1 atom stereocenters. The van der Waals surface area contributed by atoms with E-state index >= 15 is 0 Å². The van der Waals surface area contributed by atoms with Crippen molar-refractivity contribution in [3.05, 3.63) is 50.9 Å². The molecule has 1 aromatic heterocycles. The van der Waals surface area contributed by atoms with Gasteiger partial charge in [-0.25, -0.2) is 9.78 Å². The number of ether oxygens (including phenoxy) is 1. The Bertz CT molecular complexity index is 894. The van der Waals surface area contributed by atoms with Crippen LogP contribution in [-0.4, -0.2) is 39.6 Å². The van der Waals surface area contributed by atoms with Crippen molar-refractivity contribution in [3.63, 3.8) is 0 Å². The van der Waals surface area contributed by atoms with E-state index in [1.54, 1.807) is 5.38 Å². The third kappa shape index (κ3) is 4.19. The van der Waals surface area contributed by atoms with Crippen LogP contribution in [0.3, 0.4) is 0 Å². The van der Waals surface area contributed by atoms with Crippen LogP contribution in [0.4, 0.5) is 4.79 Å². The van der Waals surface area contributed by atoms with Gasteiger partial charge >= 0.3 is 6.09 Å². The lowest BCUT2D eigenvalue weighted by molar-refractivity contribution is 0.0663. The molecule has 1 saturated carbocycles. The van der Waals surface area contributed by atoms with Crippen LogP contribution >= 0.6 is 27.3 Å². The molecular weight excluding hydrogens is 454 g/mol. The molecule has 1 aliphatic heterocycles. The maximum absolute atomic E-state index is 12.7. The van der Waals surface area contributed by atoms with Crippen molar-refractivity contribution < 1.29 is 14.3 Å². The molecule has 2 aliphatic rings. The quantitative estimate of drug-likeness (QED) is 0.678. The fourth-order valence-corrected chi connectivity index (χ4v) is 5.44. The van der Waals surface area contributed by atoms with E-state index in [1.807, 2.05) is 36.9 Å². The Hall–Kier alpha value is -1.93. The first kappa shape index (κ1) is 20.3. The van der Waals surface area contributed by atoms with Gasteiger partial charge in [-0.15, -0.1) is 11.3 Å². The second-order valence-corrected chi connectivity index (χ2v) is 10.3. The smallest absolute Gasteiger partial charge is 0.411 e. The molecule has 2 amide bonds. The highest BCUT2D eigenvalue weighted by molar-refractivity contribution is 9.11. The maximum atomic E-state index is 12.7. The van der Waals surface area contributed by atoms with Crippen LogP contribution in [0.1, 0.15) is 61.6 Å². The number of amides is 2. The number of carbonyl (C=O) groups excluding carboxylic acids is 2. The monoisotopic (exact) mass is 477 g/mol. The molecule has 29 heavy (non-hydrogen) atoms. The average molecular weight is 478 g/mol. The van der Waals surface area contributed by atoms with E-state index in [2.05, 4.69) is 38.4 Å². The van der Waals surface area contributed by atoms with Crippen molar-refractivity contribution in [2.24, 2.45) is 0 Å². The number of nitrogens with zero attached hydrogens (tertiary/aromatic N) is 2. The van der Waals surface area contributed by atoms with E-state index in [9.17, 15) is 9.59 Å². The molecule has 2 heterocycles. The third-order valence-corrected chi connectivity index (χ3v) is 7.11. The summed E-state index contributed by atoms with van der Waals surface area (Å²) >= 11 is 4.69. The molecule has 1 aromatic carbocycles. The summed E-state index contributed by atoms with van der Waals surface area (Å²) in [7, 11) is 0. The maximum Gasteiger partial charge on any atom is 0.411 e. The molecule has 2 aromatic rings. The summed E-state index contributed by atoms with van der Waals surface area (Å²) in [6.07, 6.45) is 3.07. The minimum absolute atomic E-state index is 0.0982. The molecule has 4 rings (SSSR count). The number of rotatable bonds is 4. The molecule has 1 N–H and O–H groups in total. The zero-order chi connectivity index (χ0) is 20.6. The van der Waals surface area contributed by atoms with Crippen molar-refractivity contribution in [1.82, 2.24) is 15.2 Å². The van der Waals surface area contributed by atoms with Gasteiger partial charge in [0.05, 0.1) is 6.04 Å². The van der Waals surface area contributed by atoms with Gasteiger partial charge in [-0.3, -0.25) is 9.69 Å². The van der Waals surface area contributed by atoms with Crippen LogP contribution < -0.4 is 5.32 Å². The predicted octanol–water partition coefficient (Wildman–Crippen LogP) is 4.92. The van der Waals surface area contributed by atoms with E-state index in [0.29, 0.717) is 9.61 Å². The lowest BCUT2D eigenvalue weighted by Gasteiger charge is -2.38. The number of benzene rings is 1. The van der Waals surface area contributed by atoms with Crippen molar-refractivity contribution in [2.45, 2.75) is 63.3 Å². The molecule has 1 aliphatic carbocycles. The Morgan fingerprint density at radius 3 is 2.55 bits per heavy atom. The number of aromatic nitrogens is 1. The van der Waals surface area contributed by atoms with Gasteiger partial charge in [0.25, 0.3) is 5.91 Å². The van der Waals surface area contributed by atoms with Crippen LogP contribution in [0.5, 0.6) is 0 Å². The number of hydrogen-bond acceptors (Lipinski definition) is 5. The van der Waals surface area contributed by atoms with Gasteiger partial charge in [0.15, 0.2) is 3.92 Å². The summed E-state index contributed by atoms with van der Waals surface area (Å²) in [6, 6.07) is 10.2. The second kappa shape index (κ2) is 8.07. The fourth-order valence-electron chi connectivity index (χ4n) is 4.44. The van der Waals surface area contributed by atoms with E-state index in [1.165, 1.54) is 11.3 Å². The first-order valence-electron chi connectivity index (χ1n) is 9.83. The Kier molecular flexibility index (Phi) is 5.66. The third-order valence-electron chi connectivity index (χ3n) is 5.75. The zero-order valence-electron chi connectivity index (χ0n) is 16.4. The highest BCUT2D eigenvalue weighted by atomic mass is 79.9. The van der Waals surface area contributed by atoms with Crippen molar-refractivity contribution in [1.29, 1.82) is 0 Å². The Balaban J connectivity index is 1.43. The molecule has 0 unspecified atom stereocenters. The van der Waals surface area contributed by atoms with Gasteiger partial charge in [-0.1, -0.05) is 30.3 Å². The highest BCUT2D eigenvalue weighted by Crippen LogP contribution is 2.44. The minimum atomic E-state index is -0.582. The Morgan fingerprint density at radius 1 is 1.24 bits per heavy atom. The summed E-state index contributed by atoms with van der Waals surface area (Å²) in [5.41, 5.74) is 0.951. The van der Waals surface area contributed by atoms with Gasteiger partial charge in [0.1, 0.15) is 11.3 Å². The van der Waals surface area contributed by atoms with Gasteiger partial charge in [-0.2, -0.15) is 0 Å². The van der Waals surface area contributed by atoms with Crippen LogP contribution in [0.25, 0.3) is 0 Å². The number of thiazole rings is 1. The first-order valence-corrected chi connectivity index (χ1v) is 11.5. The minimum Gasteiger partial charge on any atom is -0.441 e. The van der Waals surface area contributed by atoms with Crippen molar-refractivity contribution >= 4 is 39.3 Å². The molecular formula is C21H24BrN3O3S. The molecule has 1 saturated heterocycles. The molecule has 0 radical (unpaired) electrons. The number of hydrogen-bond donors (Lipinski definition) is 1. The van der Waals surface area contributed by atoms with Gasteiger partial charge in [0, 0.05) is 17.5 Å². The van der Waals surface area contributed by atoms with Crippen LogP contribution in [0.2, 0.25) is 0 Å². The summed E-state index contributed by atoms with van der Waals surface area (Å²) in [5, 5.41) is 4.83. The average Bonchev–Trinajstić information content (AvgIpc) is 3.23. The SMILES string of the molecule is CC1(C)OC(=O)N(C2CCC(NC(=O)c3csc(Br)n3)CC2)[C@H]1c1ccccc1. The first-order chi connectivity index (χ1) is 13.8. The normalized spacial score (nSPS) is 26.2. The summed E-state index contributed by atoms with van der Waals surface area (Å²) in [5.74, 6) is -0.140. The number of nitrogens with one attached hydrogen (secondary N) is 1. The van der Waals surface area contributed by atoms with Crippen LogP contribution in [0.15, 0.2) is 39.6 Å². The van der Waals surface area contributed by atoms with Gasteiger partial charge in [-0.05, 0) is 61.0 Å². The van der Waals surface area contributed by atoms with Crippen molar-refractivity contribution in [3.8, 4) is 0 Å². The Labute approximate surface area is 182 Å². The molecule has 0 spiro atoms. The summed E-state index contributed by atoms with van der Waals surface area (Å²) in [4.78, 5) is 31.2. The molecule has 2 fully saturated rings. The Morgan fingerprint density at radius 2 is 1.93 bits per heavy atom. The van der Waals surface area contributed by atoms with E-state index in [0.717, 1.165) is 31.2 Å². The lowest BCUT2D eigenvalue weighted by Crippen LogP contribution is -2.46. The summed E-state index contributed by atoms with van der Waals surface area (Å²) < 4.78 is 6.44. The number of carbonyl (C=O) groups is 2. The van der Waals surface area contributed by atoms with E-state index in [4.69, 9.17) is 4.74 Å². The lowest BCUT2D eigenvalue weighted by atomic mass is 9.86. The fraction of sp³-hybridized carbons (Fsp3) is 0.476. The van der Waals surface area contributed by atoms with Gasteiger partial charge < -0.3 is 10.1 Å². The standard InChI is InChI=1S/C21H24BrN3O3S/c1-21(2)17(13-6-4-3-5-7-13)25(20(27)28-21)15-10-8-14(9-11-15)23-18(26)16-12-29-19(22)24-16/h3-7,12,14-15,17H,8-11H2,1-2H3,(H,23,26)/t14?,15?,17-/m0/s1. The molecule has 6 nitrogen and oxygen atoms in total. The predicted molar refractivity (Wildman–Crippen MR) is 115 cm³/mol. The zero-order valence-corrected chi connectivity index (χ0v) is 18.8. The van der Waals surface area contributed by atoms with E-state index in [-0.39, 0.29) is 30.1 Å². The largest absolute Gasteiger partial charge is 0.441 e. The second-order valence-electron chi connectivity index (χ2n) is 8.16. The van der Waals surface area contributed by atoms with Crippen LogP contribution in [-0.2, 0) is 4.74 Å². The van der Waals surface area contributed by atoms with E-state index < -0.39 is 5.60 Å². The molecule has 154 valence electrons. The topological polar surface area (TPSA) is 71.5 Å². The molecule has 0 bridgehead atoms. The highest BCUT2D eigenvalue weighted by Gasteiger charge is 2.51. The molecule has 8 heteroatoms.